The maximum atomic E-state index is 13.1. The van der Waals surface area contributed by atoms with E-state index in [2.05, 4.69) is 54.6 Å². The number of nitrogens with zero attached hydrogens (tertiary/aromatic N) is 3. The number of carbonyl (C=O) groups is 2. The van der Waals surface area contributed by atoms with Crippen molar-refractivity contribution in [2.45, 2.75) is 50.9 Å². The summed E-state index contributed by atoms with van der Waals surface area (Å²) in [6, 6.07) is 6.22. The number of aromatic nitrogens is 1. The van der Waals surface area contributed by atoms with E-state index in [-0.39, 0.29) is 17.9 Å². The fraction of sp³-hybridized carbons (Fsp3) is 0.519. The Bertz CT molecular complexity index is 1160. The molecule has 36 heavy (non-hydrogen) atoms. The number of piperidine rings is 2. The molecule has 3 N–H and O–H groups in total. The van der Waals surface area contributed by atoms with Crippen LogP contribution in [0.2, 0.25) is 5.02 Å². The van der Waals surface area contributed by atoms with Crippen molar-refractivity contribution in [2.75, 3.05) is 26.2 Å². The molecule has 3 heterocycles. The Morgan fingerprint density at radius 3 is 2.33 bits per heavy atom. The Kier molecular flexibility index (Phi) is 8.06. The standard InChI is InChI=1S/C27H31Br2ClN4O2/c28-20-12-19-2-1-18-13-21(30)14-22(29)24(18)25(26(19)32-15-20)17-5-9-33(10-6-17)23(35)11-16-3-7-34(8-4-16)27(31)36/h12-17,25H,1-11H2,(H2,31,36)/p+1. The third kappa shape index (κ3) is 5.52. The highest BCUT2D eigenvalue weighted by molar-refractivity contribution is 9.10. The lowest BCUT2D eigenvalue weighted by Gasteiger charge is -2.38. The van der Waals surface area contributed by atoms with Crippen molar-refractivity contribution < 1.29 is 15.3 Å². The Morgan fingerprint density at radius 1 is 0.972 bits per heavy atom. The summed E-state index contributed by atoms with van der Waals surface area (Å²) in [6.07, 6.45) is 8.05. The molecular formula is C27H32Br2ClN4O2+. The van der Waals surface area contributed by atoms with E-state index in [9.17, 15) is 9.59 Å². The molecule has 5 rings (SSSR count). The molecule has 2 aromatic rings. The topological polar surface area (TPSA) is 81.2 Å². The van der Waals surface area contributed by atoms with Crippen LogP contribution in [0.25, 0.3) is 0 Å². The molecule has 0 radical (unpaired) electrons. The normalized spacial score (nSPS) is 21.1. The molecule has 3 amide bonds. The van der Waals surface area contributed by atoms with Crippen LogP contribution < -0.4 is 5.73 Å². The van der Waals surface area contributed by atoms with E-state index < -0.39 is 0 Å². The molecule has 3 aliphatic rings. The molecule has 0 bridgehead atoms. The van der Waals surface area contributed by atoms with Crippen molar-refractivity contribution in [1.29, 1.82) is 0 Å². The third-order valence-corrected chi connectivity index (χ3v) is 9.52. The average molecular weight is 640 g/mol. The molecule has 0 spiro atoms. The lowest BCUT2D eigenvalue weighted by atomic mass is 9.76. The smallest absolute Gasteiger partial charge is 0.343 e. The summed E-state index contributed by atoms with van der Waals surface area (Å²) in [5.74, 6) is 1.19. The average Bonchev–Trinajstić information content (AvgIpc) is 3.01. The quantitative estimate of drug-likeness (QED) is 0.502. The first-order chi connectivity index (χ1) is 17.3. The zero-order valence-corrected chi connectivity index (χ0v) is 24.2. The molecule has 1 aliphatic carbocycles. The minimum Gasteiger partial charge on any atom is -0.343 e. The van der Waals surface area contributed by atoms with Gasteiger partial charge in [0.1, 0.15) is 0 Å². The van der Waals surface area contributed by atoms with E-state index in [1.54, 1.807) is 4.90 Å². The van der Waals surface area contributed by atoms with Crippen LogP contribution >= 0.6 is 43.5 Å². The second kappa shape index (κ2) is 11.1. The Morgan fingerprint density at radius 2 is 1.64 bits per heavy atom. The minimum atomic E-state index is -0.112. The van der Waals surface area contributed by atoms with Crippen LogP contribution in [-0.4, -0.2) is 52.9 Å². The zero-order valence-electron chi connectivity index (χ0n) is 20.3. The Balaban J connectivity index is 1.31. The maximum Gasteiger partial charge on any atom is 0.414 e. The van der Waals surface area contributed by atoms with Crippen molar-refractivity contribution in [1.82, 2.24) is 14.8 Å². The molecule has 1 atom stereocenters. The van der Waals surface area contributed by atoms with Crippen LogP contribution in [0.15, 0.2) is 33.3 Å². The van der Waals surface area contributed by atoms with Crippen LogP contribution in [0.1, 0.15) is 60.4 Å². The van der Waals surface area contributed by atoms with Crippen LogP contribution in [-0.2, 0) is 17.6 Å². The summed E-state index contributed by atoms with van der Waals surface area (Å²) in [7, 11) is 0. The third-order valence-electron chi connectivity index (χ3n) is 8.21. The Hall–Kier alpha value is -1.48. The Labute approximate surface area is 234 Å². The van der Waals surface area contributed by atoms with Crippen molar-refractivity contribution in [3.63, 3.8) is 0 Å². The summed E-state index contributed by atoms with van der Waals surface area (Å²) >= 11 is 13.9. The summed E-state index contributed by atoms with van der Waals surface area (Å²) in [4.78, 5) is 33.4. The van der Waals surface area contributed by atoms with Crippen molar-refractivity contribution >= 4 is 55.4 Å². The lowest BCUT2D eigenvalue weighted by Crippen LogP contribution is -2.65. The predicted octanol–water partition coefficient (Wildman–Crippen LogP) is 5.19. The number of aryl methyl sites for hydroxylation is 2. The number of quaternary nitrogens is 1. The summed E-state index contributed by atoms with van der Waals surface area (Å²) in [6.45, 7) is 2.99. The molecule has 2 saturated heterocycles. The van der Waals surface area contributed by atoms with Gasteiger partial charge < -0.3 is 4.90 Å². The van der Waals surface area contributed by atoms with Gasteiger partial charge in [0, 0.05) is 58.7 Å². The summed E-state index contributed by atoms with van der Waals surface area (Å²) < 4.78 is 2.06. The van der Waals surface area contributed by atoms with Gasteiger partial charge in [0.2, 0.25) is 5.91 Å². The van der Waals surface area contributed by atoms with Gasteiger partial charge in [0.15, 0.2) is 0 Å². The van der Waals surface area contributed by atoms with Gasteiger partial charge in [0.25, 0.3) is 0 Å². The highest BCUT2D eigenvalue weighted by Crippen LogP contribution is 2.46. The first kappa shape index (κ1) is 26.1. The molecule has 6 nitrogen and oxygen atoms in total. The van der Waals surface area contributed by atoms with Gasteiger partial charge in [-0.15, -0.1) is 0 Å². The lowest BCUT2D eigenvalue weighted by molar-refractivity contribution is -0.266. The second-order valence-electron chi connectivity index (χ2n) is 10.4. The van der Waals surface area contributed by atoms with E-state index in [0.29, 0.717) is 31.3 Å². The van der Waals surface area contributed by atoms with Gasteiger partial charge in [-0.2, -0.15) is 0 Å². The molecule has 9 heteroatoms. The van der Waals surface area contributed by atoms with Gasteiger partial charge in [-0.05, 0) is 101 Å². The van der Waals surface area contributed by atoms with E-state index in [1.807, 2.05) is 12.3 Å². The van der Waals surface area contributed by atoms with E-state index >= 15 is 0 Å². The molecule has 1 aromatic heterocycles. The molecule has 0 saturated carbocycles. The first-order valence-corrected chi connectivity index (χ1v) is 14.8. The fourth-order valence-corrected chi connectivity index (χ4v) is 7.77. The zero-order chi connectivity index (χ0) is 25.4. The maximum absolute atomic E-state index is 13.1. The van der Waals surface area contributed by atoms with Crippen LogP contribution in [0.3, 0.4) is 0 Å². The van der Waals surface area contributed by atoms with E-state index in [4.69, 9.17) is 16.6 Å². The molecule has 2 fully saturated rings. The predicted molar refractivity (Wildman–Crippen MR) is 147 cm³/mol. The largest absolute Gasteiger partial charge is 0.414 e. The number of carbonyl (C=O) groups excluding carboxylic acids is 2. The van der Waals surface area contributed by atoms with Crippen LogP contribution in [0.5, 0.6) is 0 Å². The molecule has 1 unspecified atom stereocenters. The summed E-state index contributed by atoms with van der Waals surface area (Å²) in [5, 5.41) is 0.755. The number of hydrogen-bond donors (Lipinski definition) is 1. The number of amides is 3. The monoisotopic (exact) mass is 637 g/mol. The van der Waals surface area contributed by atoms with Gasteiger partial charge in [0.05, 0.1) is 5.69 Å². The number of pyridine rings is 1. The number of halogens is 3. The highest BCUT2D eigenvalue weighted by Gasteiger charge is 2.36. The van der Waals surface area contributed by atoms with Crippen molar-refractivity contribution in [3.8, 4) is 0 Å². The SMILES string of the molecule is [NH3+]C(=O)N1CCC(CC(=O)N2CCC(C3c4ncc(Br)cc4CCc4cc(Cl)cc(Br)c43)CC2)CC1. The van der Waals surface area contributed by atoms with Crippen LogP contribution in [0, 0.1) is 11.8 Å². The number of urea groups is 1. The van der Waals surface area contributed by atoms with Crippen molar-refractivity contribution in [3.05, 3.63) is 60.7 Å². The second-order valence-corrected chi connectivity index (χ2v) is 12.6. The molecule has 192 valence electrons. The van der Waals surface area contributed by atoms with Crippen molar-refractivity contribution in [2.24, 2.45) is 11.8 Å². The van der Waals surface area contributed by atoms with Gasteiger partial charge >= 0.3 is 6.03 Å². The first-order valence-electron chi connectivity index (χ1n) is 12.8. The fourth-order valence-electron chi connectivity index (χ4n) is 6.27. The minimum absolute atomic E-state index is 0.112. The van der Waals surface area contributed by atoms with Gasteiger partial charge in [-0.25, -0.2) is 4.79 Å². The van der Waals surface area contributed by atoms with E-state index in [1.165, 1.54) is 16.7 Å². The number of rotatable bonds is 3. The van der Waals surface area contributed by atoms with Gasteiger partial charge in [-0.3, -0.25) is 20.4 Å². The van der Waals surface area contributed by atoms with Gasteiger partial charge in [-0.1, -0.05) is 27.5 Å². The number of likely N-dealkylation sites (tertiary alicyclic amines) is 2. The number of hydrogen-bond acceptors (Lipinski definition) is 3. The number of fused-ring (bicyclic) bond motifs is 2. The molecular weight excluding hydrogens is 608 g/mol. The summed E-state index contributed by atoms with van der Waals surface area (Å²) in [5.41, 5.74) is 8.57. The molecule has 1 aromatic carbocycles. The molecule has 2 aliphatic heterocycles. The highest BCUT2D eigenvalue weighted by atomic mass is 79.9. The van der Waals surface area contributed by atoms with Crippen LogP contribution in [0.4, 0.5) is 4.79 Å². The van der Waals surface area contributed by atoms with E-state index in [0.717, 1.165) is 71.3 Å². The number of benzene rings is 1.